The first kappa shape index (κ1) is 17.9. The molecule has 2 N–H and O–H groups in total. The quantitative estimate of drug-likeness (QED) is 0.481. The number of ether oxygens (including phenoxy) is 1. The van der Waals surface area contributed by atoms with E-state index in [2.05, 4.69) is 10.5 Å². The van der Waals surface area contributed by atoms with Crippen molar-refractivity contribution in [3.8, 4) is 17.0 Å². The van der Waals surface area contributed by atoms with E-state index in [1.165, 1.54) is 12.1 Å². The van der Waals surface area contributed by atoms with Crippen LogP contribution in [0.4, 0.5) is 10.5 Å². The van der Waals surface area contributed by atoms with Gasteiger partial charge in [-0.05, 0) is 29.8 Å². The highest BCUT2D eigenvalue weighted by Crippen LogP contribution is 2.23. The zero-order valence-corrected chi connectivity index (χ0v) is 14.0. The summed E-state index contributed by atoms with van der Waals surface area (Å²) in [6.07, 6.45) is -1.14. The number of aromatic nitrogens is 1. The Balaban J connectivity index is 1.61. The first-order valence-electron chi connectivity index (χ1n) is 7.90. The van der Waals surface area contributed by atoms with Crippen molar-refractivity contribution in [3.63, 3.8) is 0 Å². The van der Waals surface area contributed by atoms with Gasteiger partial charge in [0.25, 0.3) is 5.69 Å². The summed E-state index contributed by atoms with van der Waals surface area (Å²) in [4.78, 5) is 20.8. The fourth-order valence-electron chi connectivity index (χ4n) is 2.34. The number of amides is 1. The van der Waals surface area contributed by atoms with E-state index in [4.69, 9.17) is 14.4 Å². The second kappa shape index (κ2) is 8.00. The Morgan fingerprint density at radius 3 is 2.70 bits per heavy atom. The van der Waals surface area contributed by atoms with Crippen LogP contribution in [0.15, 0.2) is 59.1 Å². The predicted molar refractivity (Wildman–Crippen MR) is 94.2 cm³/mol. The van der Waals surface area contributed by atoms with Crippen molar-refractivity contribution in [1.82, 2.24) is 10.5 Å². The molecule has 9 heteroatoms. The zero-order chi connectivity index (χ0) is 19.2. The van der Waals surface area contributed by atoms with Gasteiger partial charge in [0.1, 0.15) is 18.1 Å². The van der Waals surface area contributed by atoms with Crippen molar-refractivity contribution in [2.45, 2.75) is 13.2 Å². The van der Waals surface area contributed by atoms with Crippen LogP contribution in [0.25, 0.3) is 11.3 Å². The molecule has 0 radical (unpaired) electrons. The molecule has 0 bridgehead atoms. The highest BCUT2D eigenvalue weighted by molar-refractivity contribution is 5.64. The fraction of sp³-hybridized carbons (Fsp3) is 0.111. The van der Waals surface area contributed by atoms with Crippen LogP contribution in [-0.2, 0) is 13.2 Å². The number of non-ortho nitro benzene ring substituents is 1. The summed E-state index contributed by atoms with van der Waals surface area (Å²) in [5, 5.41) is 25.5. The van der Waals surface area contributed by atoms with Crippen LogP contribution in [0.5, 0.6) is 5.75 Å². The third-order valence-electron chi connectivity index (χ3n) is 3.65. The summed E-state index contributed by atoms with van der Waals surface area (Å²) in [7, 11) is 0. The molecule has 0 aliphatic carbocycles. The lowest BCUT2D eigenvalue weighted by Crippen LogP contribution is -2.19. The highest BCUT2D eigenvalue weighted by atomic mass is 16.6. The average molecular weight is 369 g/mol. The second-order valence-electron chi connectivity index (χ2n) is 5.58. The van der Waals surface area contributed by atoms with Crippen LogP contribution in [-0.4, -0.2) is 21.3 Å². The maximum Gasteiger partial charge on any atom is 0.405 e. The SMILES string of the molecule is O=C(O)NCc1cc(-c2ccc(OCc3cccc([N+](=O)[O-])c3)cc2)no1. The van der Waals surface area contributed by atoms with Crippen molar-refractivity contribution in [3.05, 3.63) is 76.0 Å². The molecule has 3 aromatic rings. The highest BCUT2D eigenvalue weighted by Gasteiger charge is 2.09. The summed E-state index contributed by atoms with van der Waals surface area (Å²) in [6, 6.07) is 15.0. The molecule has 0 atom stereocenters. The van der Waals surface area contributed by atoms with Gasteiger partial charge in [0.15, 0.2) is 5.76 Å². The zero-order valence-electron chi connectivity index (χ0n) is 14.0. The summed E-state index contributed by atoms with van der Waals surface area (Å²) in [6.45, 7) is 0.239. The standard InChI is InChI=1S/C18H15N3O6/c22-18(23)19-10-16-9-17(20-27-16)13-4-6-15(7-5-13)26-11-12-2-1-3-14(8-12)21(24)25/h1-9,19H,10-11H2,(H,22,23). The van der Waals surface area contributed by atoms with Crippen LogP contribution < -0.4 is 10.1 Å². The van der Waals surface area contributed by atoms with Gasteiger partial charge in [-0.25, -0.2) is 4.79 Å². The molecule has 1 aromatic heterocycles. The smallest absolute Gasteiger partial charge is 0.405 e. The monoisotopic (exact) mass is 369 g/mol. The number of rotatable bonds is 7. The summed E-state index contributed by atoms with van der Waals surface area (Å²) in [5.74, 6) is 1.000. The van der Waals surface area contributed by atoms with Crippen LogP contribution in [0.1, 0.15) is 11.3 Å². The molecule has 1 amide bonds. The van der Waals surface area contributed by atoms with Crippen molar-refractivity contribution in [1.29, 1.82) is 0 Å². The topological polar surface area (TPSA) is 128 Å². The Hall–Kier alpha value is -3.88. The Morgan fingerprint density at radius 1 is 1.22 bits per heavy atom. The molecular weight excluding hydrogens is 354 g/mol. The fourth-order valence-corrected chi connectivity index (χ4v) is 2.34. The first-order chi connectivity index (χ1) is 13.0. The van der Waals surface area contributed by atoms with Crippen molar-refractivity contribution in [2.24, 2.45) is 0 Å². The maximum absolute atomic E-state index is 10.8. The molecule has 138 valence electrons. The number of hydrogen-bond acceptors (Lipinski definition) is 6. The Bertz CT molecular complexity index is 952. The molecule has 0 saturated carbocycles. The molecule has 0 aliphatic heterocycles. The minimum absolute atomic E-state index is 0.0191. The van der Waals surface area contributed by atoms with Gasteiger partial charge in [0.2, 0.25) is 0 Å². The minimum Gasteiger partial charge on any atom is -0.489 e. The second-order valence-corrected chi connectivity index (χ2v) is 5.58. The first-order valence-corrected chi connectivity index (χ1v) is 7.90. The number of nitrogens with one attached hydrogen (secondary N) is 1. The van der Waals surface area contributed by atoms with E-state index in [1.807, 2.05) is 0 Å². The van der Waals surface area contributed by atoms with Gasteiger partial charge < -0.3 is 19.7 Å². The van der Waals surface area contributed by atoms with E-state index < -0.39 is 11.0 Å². The van der Waals surface area contributed by atoms with E-state index in [0.717, 1.165) is 5.56 Å². The van der Waals surface area contributed by atoms with Crippen molar-refractivity contribution >= 4 is 11.8 Å². The van der Waals surface area contributed by atoms with Gasteiger partial charge in [-0.15, -0.1) is 0 Å². The van der Waals surface area contributed by atoms with Crippen LogP contribution in [0, 0.1) is 10.1 Å². The molecule has 0 saturated heterocycles. The third-order valence-corrected chi connectivity index (χ3v) is 3.65. The Labute approximate surface area is 153 Å². The minimum atomic E-state index is -1.14. The lowest BCUT2D eigenvalue weighted by molar-refractivity contribution is -0.384. The van der Waals surface area contributed by atoms with Crippen molar-refractivity contribution in [2.75, 3.05) is 0 Å². The molecule has 0 spiro atoms. The number of nitro groups is 1. The Morgan fingerprint density at radius 2 is 2.00 bits per heavy atom. The van der Waals surface area contributed by atoms with Crippen LogP contribution in [0.3, 0.4) is 0 Å². The molecule has 27 heavy (non-hydrogen) atoms. The number of benzene rings is 2. The maximum atomic E-state index is 10.8. The van der Waals surface area contributed by atoms with Gasteiger partial charge in [-0.1, -0.05) is 17.3 Å². The van der Waals surface area contributed by atoms with E-state index in [1.54, 1.807) is 42.5 Å². The Kier molecular flexibility index (Phi) is 5.31. The van der Waals surface area contributed by atoms with E-state index in [0.29, 0.717) is 22.8 Å². The van der Waals surface area contributed by atoms with Crippen LogP contribution in [0.2, 0.25) is 0 Å². The molecule has 0 aliphatic rings. The molecule has 0 fully saturated rings. The van der Waals surface area contributed by atoms with Gasteiger partial charge in [-0.2, -0.15) is 0 Å². The molecular formula is C18H15N3O6. The molecule has 3 rings (SSSR count). The van der Waals surface area contributed by atoms with Crippen LogP contribution >= 0.6 is 0 Å². The number of nitrogens with zero attached hydrogens (tertiary/aromatic N) is 2. The van der Waals surface area contributed by atoms with Gasteiger partial charge in [0, 0.05) is 23.8 Å². The summed E-state index contributed by atoms with van der Waals surface area (Å²) < 4.78 is 10.7. The average Bonchev–Trinajstić information content (AvgIpc) is 3.14. The number of hydrogen-bond donors (Lipinski definition) is 2. The molecule has 2 aromatic carbocycles. The molecule has 0 unspecified atom stereocenters. The van der Waals surface area contributed by atoms with E-state index in [9.17, 15) is 14.9 Å². The normalized spacial score (nSPS) is 10.4. The van der Waals surface area contributed by atoms with Gasteiger partial charge in [-0.3, -0.25) is 10.1 Å². The number of carbonyl (C=O) groups is 1. The van der Waals surface area contributed by atoms with Gasteiger partial charge >= 0.3 is 6.09 Å². The summed E-state index contributed by atoms with van der Waals surface area (Å²) in [5.41, 5.74) is 2.07. The lowest BCUT2D eigenvalue weighted by Gasteiger charge is -2.06. The third kappa shape index (κ3) is 4.82. The van der Waals surface area contributed by atoms with Crippen molar-refractivity contribution < 1.29 is 24.1 Å². The predicted octanol–water partition coefficient (Wildman–Crippen LogP) is 3.60. The lowest BCUT2D eigenvalue weighted by atomic mass is 10.1. The van der Waals surface area contributed by atoms with E-state index >= 15 is 0 Å². The molecule has 1 heterocycles. The van der Waals surface area contributed by atoms with Gasteiger partial charge in [0.05, 0.1) is 11.5 Å². The largest absolute Gasteiger partial charge is 0.489 e. The molecule has 9 nitrogen and oxygen atoms in total. The summed E-state index contributed by atoms with van der Waals surface area (Å²) >= 11 is 0. The number of nitro benzene ring substituents is 1. The number of carboxylic acid groups (broad SMARTS) is 1. The van der Waals surface area contributed by atoms with E-state index in [-0.39, 0.29) is 18.8 Å².